The van der Waals surface area contributed by atoms with Gasteiger partial charge in [0.2, 0.25) is 0 Å². The molecule has 0 fully saturated rings. The van der Waals surface area contributed by atoms with Crippen molar-refractivity contribution in [2.24, 2.45) is 5.92 Å². The summed E-state index contributed by atoms with van der Waals surface area (Å²) >= 11 is 1.38. The molecule has 0 spiro atoms. The molecular formula is C12H22O2S. The van der Waals surface area contributed by atoms with E-state index in [2.05, 4.69) is 6.92 Å². The molecule has 0 heterocycles. The summed E-state index contributed by atoms with van der Waals surface area (Å²) in [5, 5.41) is 0.161. The maximum absolute atomic E-state index is 11.4. The van der Waals surface area contributed by atoms with Gasteiger partial charge in [-0.25, -0.2) is 0 Å². The van der Waals surface area contributed by atoms with Gasteiger partial charge in [-0.2, -0.15) is 0 Å². The number of ketones is 1. The van der Waals surface area contributed by atoms with Crippen LogP contribution in [-0.2, 0) is 9.59 Å². The highest BCUT2D eigenvalue weighted by Gasteiger charge is 2.12. The number of carbonyl (C=O) groups is 2. The molecule has 0 aromatic heterocycles. The fraction of sp³-hybridized carbons (Fsp3) is 0.833. The molecule has 0 bridgehead atoms. The first-order valence-corrected chi connectivity index (χ1v) is 6.72. The van der Waals surface area contributed by atoms with Gasteiger partial charge in [0.05, 0.1) is 0 Å². The van der Waals surface area contributed by atoms with E-state index in [1.165, 1.54) is 31.0 Å². The highest BCUT2D eigenvalue weighted by atomic mass is 32.2. The van der Waals surface area contributed by atoms with E-state index in [1.807, 2.05) is 6.92 Å². The van der Waals surface area contributed by atoms with Crippen LogP contribution in [0.4, 0.5) is 0 Å². The van der Waals surface area contributed by atoms with Gasteiger partial charge >= 0.3 is 0 Å². The standard InChI is InChI=1S/C12H22O2S/c1-4-5-6-7-8-15-12(14)9-10(2)11(3)13/h10H,4-9H2,1-3H3. The van der Waals surface area contributed by atoms with Crippen LogP contribution in [0.2, 0.25) is 0 Å². The van der Waals surface area contributed by atoms with Crippen LogP contribution in [-0.4, -0.2) is 16.7 Å². The smallest absolute Gasteiger partial charge is 0.189 e. The van der Waals surface area contributed by atoms with Crippen LogP contribution in [0.3, 0.4) is 0 Å². The molecule has 3 heteroatoms. The van der Waals surface area contributed by atoms with Gasteiger partial charge in [0.1, 0.15) is 5.78 Å². The van der Waals surface area contributed by atoms with Crippen molar-refractivity contribution in [3.8, 4) is 0 Å². The van der Waals surface area contributed by atoms with Gasteiger partial charge in [0, 0.05) is 18.1 Å². The maximum Gasteiger partial charge on any atom is 0.189 e. The van der Waals surface area contributed by atoms with Gasteiger partial charge in [-0.3, -0.25) is 9.59 Å². The summed E-state index contributed by atoms with van der Waals surface area (Å²) in [5.41, 5.74) is 0. The molecule has 2 nitrogen and oxygen atoms in total. The third kappa shape index (κ3) is 8.67. The lowest BCUT2D eigenvalue weighted by Gasteiger charge is -2.05. The molecule has 15 heavy (non-hydrogen) atoms. The molecule has 0 aromatic rings. The van der Waals surface area contributed by atoms with Crippen LogP contribution < -0.4 is 0 Å². The predicted molar refractivity (Wildman–Crippen MR) is 66.1 cm³/mol. The van der Waals surface area contributed by atoms with Crippen LogP contribution in [0.15, 0.2) is 0 Å². The topological polar surface area (TPSA) is 34.1 Å². The number of carbonyl (C=O) groups excluding carboxylic acids is 2. The third-order valence-corrected chi connectivity index (χ3v) is 3.41. The van der Waals surface area contributed by atoms with Gasteiger partial charge in [-0.1, -0.05) is 44.9 Å². The molecule has 1 unspecified atom stereocenters. The minimum absolute atomic E-state index is 0.106. The van der Waals surface area contributed by atoms with Crippen molar-refractivity contribution in [3.05, 3.63) is 0 Å². The molecule has 0 saturated carbocycles. The number of unbranched alkanes of at least 4 members (excludes halogenated alkanes) is 3. The Kier molecular flexibility index (Phi) is 8.77. The zero-order valence-electron chi connectivity index (χ0n) is 10.0. The van der Waals surface area contributed by atoms with Crippen LogP contribution in [0.1, 0.15) is 52.9 Å². The minimum atomic E-state index is -0.111. The highest BCUT2D eigenvalue weighted by molar-refractivity contribution is 8.13. The van der Waals surface area contributed by atoms with Gasteiger partial charge in [0.25, 0.3) is 0 Å². The van der Waals surface area contributed by atoms with E-state index in [9.17, 15) is 9.59 Å². The Morgan fingerprint density at radius 3 is 2.40 bits per heavy atom. The molecule has 0 rings (SSSR count). The summed E-state index contributed by atoms with van der Waals surface area (Å²) < 4.78 is 0. The Morgan fingerprint density at radius 2 is 1.87 bits per heavy atom. The minimum Gasteiger partial charge on any atom is -0.300 e. The van der Waals surface area contributed by atoms with Crippen LogP contribution in [0.5, 0.6) is 0 Å². The summed E-state index contributed by atoms with van der Waals surface area (Å²) in [6.07, 6.45) is 5.18. The number of rotatable bonds is 8. The predicted octanol–water partition coefficient (Wildman–Crippen LogP) is 3.44. The van der Waals surface area contributed by atoms with Crippen molar-refractivity contribution in [1.29, 1.82) is 0 Å². The molecule has 1 atom stereocenters. The Balaban J connectivity index is 3.45. The maximum atomic E-state index is 11.4. The molecule has 88 valence electrons. The first-order valence-electron chi connectivity index (χ1n) is 5.74. The molecule has 0 aliphatic rings. The van der Waals surface area contributed by atoms with E-state index < -0.39 is 0 Å². The fourth-order valence-corrected chi connectivity index (χ4v) is 2.11. The summed E-state index contributed by atoms with van der Waals surface area (Å²) in [5.74, 6) is 0.902. The number of hydrogen-bond acceptors (Lipinski definition) is 3. The zero-order chi connectivity index (χ0) is 11.7. The number of Topliss-reactive ketones (excluding diaryl/α,β-unsaturated/α-hetero) is 1. The van der Waals surface area contributed by atoms with E-state index in [0.717, 1.165) is 12.2 Å². The average molecular weight is 230 g/mol. The van der Waals surface area contributed by atoms with Crippen LogP contribution in [0.25, 0.3) is 0 Å². The molecule has 0 saturated heterocycles. The number of thioether (sulfide) groups is 1. The second kappa shape index (κ2) is 8.96. The average Bonchev–Trinajstić information content (AvgIpc) is 2.17. The summed E-state index contributed by atoms with van der Waals surface area (Å²) in [4.78, 5) is 22.3. The van der Waals surface area contributed by atoms with Gasteiger partial charge in [-0.05, 0) is 13.3 Å². The first kappa shape index (κ1) is 14.7. The fourth-order valence-electron chi connectivity index (χ4n) is 1.17. The first-order chi connectivity index (χ1) is 7.07. The van der Waals surface area contributed by atoms with Gasteiger partial charge < -0.3 is 0 Å². The lowest BCUT2D eigenvalue weighted by Crippen LogP contribution is -2.10. The SMILES string of the molecule is CCCCCCSC(=O)CC(C)C(C)=O. The van der Waals surface area contributed by atoms with Crippen molar-refractivity contribution >= 4 is 22.7 Å². The summed E-state index contributed by atoms with van der Waals surface area (Å²) in [6.45, 7) is 5.54. The summed E-state index contributed by atoms with van der Waals surface area (Å²) in [6, 6.07) is 0. The molecule has 0 radical (unpaired) electrons. The Morgan fingerprint density at radius 1 is 1.20 bits per heavy atom. The molecule has 0 aliphatic carbocycles. The van der Waals surface area contributed by atoms with Crippen LogP contribution >= 0.6 is 11.8 Å². The van der Waals surface area contributed by atoms with Crippen molar-refractivity contribution < 1.29 is 9.59 Å². The highest BCUT2D eigenvalue weighted by Crippen LogP contribution is 2.14. The van der Waals surface area contributed by atoms with E-state index in [-0.39, 0.29) is 16.8 Å². The quantitative estimate of drug-likeness (QED) is 0.599. The molecule has 0 N–H and O–H groups in total. The Hall–Kier alpha value is -0.310. The van der Waals surface area contributed by atoms with Gasteiger partial charge in [0.15, 0.2) is 5.12 Å². The Labute approximate surface area is 97.2 Å². The molecule has 0 aromatic carbocycles. The van der Waals surface area contributed by atoms with Crippen LogP contribution in [0, 0.1) is 5.92 Å². The van der Waals surface area contributed by atoms with Crippen molar-refractivity contribution in [1.82, 2.24) is 0 Å². The molecular weight excluding hydrogens is 208 g/mol. The second-order valence-corrected chi connectivity index (χ2v) is 5.15. The normalized spacial score (nSPS) is 12.5. The zero-order valence-corrected chi connectivity index (χ0v) is 10.9. The van der Waals surface area contributed by atoms with Crippen molar-refractivity contribution in [3.63, 3.8) is 0 Å². The third-order valence-electron chi connectivity index (χ3n) is 2.43. The number of hydrogen-bond donors (Lipinski definition) is 0. The largest absolute Gasteiger partial charge is 0.300 e. The van der Waals surface area contributed by atoms with Gasteiger partial charge in [-0.15, -0.1) is 0 Å². The summed E-state index contributed by atoms with van der Waals surface area (Å²) in [7, 11) is 0. The van der Waals surface area contributed by atoms with E-state index >= 15 is 0 Å². The molecule has 0 aliphatic heterocycles. The molecule has 0 amide bonds. The van der Waals surface area contributed by atoms with E-state index in [0.29, 0.717) is 6.42 Å². The van der Waals surface area contributed by atoms with E-state index in [1.54, 1.807) is 6.92 Å². The monoisotopic (exact) mass is 230 g/mol. The van der Waals surface area contributed by atoms with Crippen molar-refractivity contribution in [2.75, 3.05) is 5.75 Å². The lowest BCUT2D eigenvalue weighted by atomic mass is 10.1. The van der Waals surface area contributed by atoms with E-state index in [4.69, 9.17) is 0 Å². The Bertz CT molecular complexity index is 202. The lowest BCUT2D eigenvalue weighted by molar-refractivity contribution is -0.123. The second-order valence-electron chi connectivity index (χ2n) is 4.00. The van der Waals surface area contributed by atoms with Crippen molar-refractivity contribution in [2.45, 2.75) is 52.9 Å².